The molecule has 6 nitrogen and oxygen atoms in total. The second-order valence-corrected chi connectivity index (χ2v) is 4.49. The number of nitrogens with one attached hydrogen (secondary N) is 1. The van der Waals surface area contributed by atoms with Crippen molar-refractivity contribution in [3.63, 3.8) is 0 Å². The molecule has 0 aromatic rings. The smallest absolute Gasteiger partial charge is 0.375 e. The molecule has 0 bridgehead atoms. The molecule has 0 radical (unpaired) electrons. The van der Waals surface area contributed by atoms with Crippen molar-refractivity contribution in [2.24, 2.45) is 0 Å². The predicted octanol–water partition coefficient (Wildman–Crippen LogP) is -0.240. The van der Waals surface area contributed by atoms with Gasteiger partial charge in [-0.1, -0.05) is 0 Å². The third-order valence-electron chi connectivity index (χ3n) is 1.84. The van der Waals surface area contributed by atoms with E-state index in [9.17, 15) is 14.4 Å². The standard InChI is InChI=1S/C10H15NO5/c1-10(2,3)16-9(14)7(12)4-6-8(13)15-5-11-6/h6,11H,4-5H2,1-3H3/t6-/m0/s1. The molecule has 1 fully saturated rings. The topological polar surface area (TPSA) is 81.7 Å². The molecule has 16 heavy (non-hydrogen) atoms. The highest BCUT2D eigenvalue weighted by molar-refractivity contribution is 6.34. The highest BCUT2D eigenvalue weighted by Gasteiger charge is 2.32. The molecular formula is C10H15NO5. The van der Waals surface area contributed by atoms with Gasteiger partial charge in [0.15, 0.2) is 0 Å². The van der Waals surface area contributed by atoms with E-state index in [2.05, 4.69) is 10.1 Å². The summed E-state index contributed by atoms with van der Waals surface area (Å²) in [6, 6.07) is -0.736. The second-order valence-electron chi connectivity index (χ2n) is 4.49. The van der Waals surface area contributed by atoms with Gasteiger partial charge in [0.1, 0.15) is 18.4 Å². The van der Waals surface area contributed by atoms with Crippen LogP contribution in [0.4, 0.5) is 0 Å². The Hall–Kier alpha value is -1.43. The van der Waals surface area contributed by atoms with E-state index in [0.717, 1.165) is 0 Å². The number of hydrogen-bond donors (Lipinski definition) is 1. The van der Waals surface area contributed by atoms with E-state index in [1.165, 1.54) is 0 Å². The molecule has 1 atom stereocenters. The monoisotopic (exact) mass is 229 g/mol. The summed E-state index contributed by atoms with van der Waals surface area (Å²) in [6.07, 6.45) is -0.228. The van der Waals surface area contributed by atoms with E-state index in [0.29, 0.717) is 0 Å². The van der Waals surface area contributed by atoms with E-state index in [1.54, 1.807) is 20.8 Å². The molecule has 0 amide bonds. The van der Waals surface area contributed by atoms with Gasteiger partial charge in [-0.25, -0.2) is 4.79 Å². The Morgan fingerprint density at radius 1 is 1.50 bits per heavy atom. The zero-order chi connectivity index (χ0) is 12.3. The Labute approximate surface area is 93.3 Å². The minimum Gasteiger partial charge on any atom is -0.454 e. The van der Waals surface area contributed by atoms with E-state index >= 15 is 0 Å². The lowest BCUT2D eigenvalue weighted by atomic mass is 10.1. The average molecular weight is 229 g/mol. The third kappa shape index (κ3) is 3.62. The molecular weight excluding hydrogens is 214 g/mol. The van der Waals surface area contributed by atoms with Crippen LogP contribution in [0.5, 0.6) is 0 Å². The van der Waals surface area contributed by atoms with Gasteiger partial charge in [-0.2, -0.15) is 0 Å². The van der Waals surface area contributed by atoms with E-state index < -0.39 is 29.4 Å². The second kappa shape index (κ2) is 4.61. The lowest BCUT2D eigenvalue weighted by Gasteiger charge is -2.18. The predicted molar refractivity (Wildman–Crippen MR) is 53.4 cm³/mol. The number of carbonyl (C=O) groups is 3. The number of carbonyl (C=O) groups excluding carboxylic acids is 3. The summed E-state index contributed by atoms with van der Waals surface area (Å²) in [7, 11) is 0. The third-order valence-corrected chi connectivity index (χ3v) is 1.84. The van der Waals surface area contributed by atoms with Crippen LogP contribution in [0.25, 0.3) is 0 Å². The highest BCUT2D eigenvalue weighted by Crippen LogP contribution is 2.09. The lowest BCUT2D eigenvalue weighted by molar-refractivity contribution is -0.162. The number of ether oxygens (including phenoxy) is 2. The van der Waals surface area contributed by atoms with Gasteiger partial charge in [0.05, 0.1) is 0 Å². The first-order chi connectivity index (χ1) is 7.29. The number of ketones is 1. The minimum atomic E-state index is -0.922. The fourth-order valence-corrected chi connectivity index (χ4v) is 1.16. The SMILES string of the molecule is CC(C)(C)OC(=O)C(=O)C[C@@H]1NCOC1=O. The normalized spacial score (nSPS) is 20.4. The van der Waals surface area contributed by atoms with Crippen molar-refractivity contribution in [1.29, 1.82) is 0 Å². The Morgan fingerprint density at radius 2 is 2.12 bits per heavy atom. The van der Waals surface area contributed by atoms with Crippen LogP contribution in [0.1, 0.15) is 27.2 Å². The van der Waals surface area contributed by atoms with Crippen LogP contribution >= 0.6 is 0 Å². The van der Waals surface area contributed by atoms with Crippen molar-refractivity contribution in [3.8, 4) is 0 Å². The van der Waals surface area contributed by atoms with E-state index in [-0.39, 0.29) is 13.2 Å². The van der Waals surface area contributed by atoms with Gasteiger partial charge < -0.3 is 9.47 Å². The van der Waals surface area contributed by atoms with Crippen molar-refractivity contribution in [2.75, 3.05) is 6.73 Å². The van der Waals surface area contributed by atoms with Crippen LogP contribution in [-0.2, 0) is 23.9 Å². The summed E-state index contributed by atoms with van der Waals surface area (Å²) >= 11 is 0. The highest BCUT2D eigenvalue weighted by atomic mass is 16.6. The average Bonchev–Trinajstić information content (AvgIpc) is 2.49. The summed E-state index contributed by atoms with van der Waals surface area (Å²) in [5.74, 6) is -2.17. The maximum absolute atomic E-state index is 11.4. The Bertz CT molecular complexity index is 318. The van der Waals surface area contributed by atoms with Crippen molar-refractivity contribution < 1.29 is 23.9 Å². The van der Waals surface area contributed by atoms with Crippen molar-refractivity contribution >= 4 is 17.7 Å². The fourth-order valence-electron chi connectivity index (χ4n) is 1.16. The molecule has 1 rings (SSSR count). The molecule has 0 unspecified atom stereocenters. The first-order valence-electron chi connectivity index (χ1n) is 4.96. The van der Waals surface area contributed by atoms with E-state index in [1.807, 2.05) is 0 Å². The quantitative estimate of drug-likeness (QED) is 0.531. The van der Waals surface area contributed by atoms with Gasteiger partial charge in [0, 0.05) is 6.42 Å². The van der Waals surface area contributed by atoms with Crippen LogP contribution in [0, 0.1) is 0 Å². The van der Waals surface area contributed by atoms with Gasteiger partial charge in [0.25, 0.3) is 0 Å². The molecule has 1 aliphatic heterocycles. The van der Waals surface area contributed by atoms with Crippen molar-refractivity contribution in [1.82, 2.24) is 5.32 Å². The molecule has 1 saturated heterocycles. The Balaban J connectivity index is 2.46. The summed E-state index contributed by atoms with van der Waals surface area (Å²) in [5, 5.41) is 2.65. The Morgan fingerprint density at radius 3 is 2.56 bits per heavy atom. The molecule has 1 N–H and O–H groups in total. The number of hydrogen-bond acceptors (Lipinski definition) is 6. The summed E-state index contributed by atoms with van der Waals surface area (Å²) < 4.78 is 9.47. The van der Waals surface area contributed by atoms with Crippen LogP contribution < -0.4 is 5.32 Å². The van der Waals surface area contributed by atoms with Crippen LogP contribution in [0.3, 0.4) is 0 Å². The maximum Gasteiger partial charge on any atom is 0.375 e. The molecule has 0 spiro atoms. The summed E-state index contributed by atoms with van der Waals surface area (Å²) in [6.45, 7) is 5.08. The first kappa shape index (κ1) is 12.6. The Kier molecular flexibility index (Phi) is 3.64. The lowest BCUT2D eigenvalue weighted by Crippen LogP contribution is -2.35. The molecule has 1 heterocycles. The van der Waals surface area contributed by atoms with Crippen LogP contribution in [0.2, 0.25) is 0 Å². The first-order valence-corrected chi connectivity index (χ1v) is 4.96. The van der Waals surface area contributed by atoms with Crippen LogP contribution in [-0.4, -0.2) is 36.1 Å². The number of rotatable bonds is 3. The zero-order valence-corrected chi connectivity index (χ0v) is 9.53. The van der Waals surface area contributed by atoms with Crippen LogP contribution in [0.15, 0.2) is 0 Å². The maximum atomic E-state index is 11.4. The molecule has 90 valence electrons. The van der Waals surface area contributed by atoms with E-state index in [4.69, 9.17) is 4.74 Å². The van der Waals surface area contributed by atoms with Gasteiger partial charge >= 0.3 is 11.9 Å². The van der Waals surface area contributed by atoms with Gasteiger partial charge in [0.2, 0.25) is 5.78 Å². The fraction of sp³-hybridized carbons (Fsp3) is 0.700. The molecule has 0 saturated carbocycles. The summed E-state index contributed by atoms with van der Waals surface area (Å²) in [5.41, 5.74) is -0.712. The molecule has 0 aromatic heterocycles. The zero-order valence-electron chi connectivity index (χ0n) is 9.53. The van der Waals surface area contributed by atoms with Crippen molar-refractivity contribution in [3.05, 3.63) is 0 Å². The number of cyclic esters (lactones) is 1. The number of Topliss-reactive ketones (excluding diaryl/α,β-unsaturated/α-hetero) is 1. The van der Waals surface area contributed by atoms with Crippen molar-refractivity contribution in [2.45, 2.75) is 38.8 Å². The molecule has 0 aromatic carbocycles. The van der Waals surface area contributed by atoms with Gasteiger partial charge in [-0.3, -0.25) is 14.9 Å². The minimum absolute atomic E-state index is 0.0745. The van der Waals surface area contributed by atoms with Gasteiger partial charge in [-0.05, 0) is 20.8 Å². The number of esters is 2. The molecule has 0 aliphatic carbocycles. The van der Waals surface area contributed by atoms with Gasteiger partial charge in [-0.15, -0.1) is 0 Å². The largest absolute Gasteiger partial charge is 0.454 e. The molecule has 1 aliphatic rings. The molecule has 6 heteroatoms. The summed E-state index contributed by atoms with van der Waals surface area (Å²) in [4.78, 5) is 33.7.